The standard InChI is InChI=1S/C17H22F2N2O2.ClH/c18-14-4-3-13(10-15(14)19)16(22)5-6-17(23)21-9-1-2-12(11-21)7-8-20;/h3-4,10,12H,1-2,5-9,11,20H2;1H. The molecule has 2 rings (SSSR count). The number of Topliss-reactive ketones (excluding diaryl/α,β-unsaturated/α-hetero) is 1. The lowest BCUT2D eigenvalue weighted by Gasteiger charge is -2.32. The van der Waals surface area contributed by atoms with Crippen LogP contribution in [0, 0.1) is 17.6 Å². The van der Waals surface area contributed by atoms with Crippen LogP contribution in [0.3, 0.4) is 0 Å². The van der Waals surface area contributed by atoms with E-state index in [0.717, 1.165) is 31.4 Å². The van der Waals surface area contributed by atoms with Gasteiger partial charge >= 0.3 is 0 Å². The topological polar surface area (TPSA) is 63.4 Å². The zero-order valence-corrected chi connectivity index (χ0v) is 14.3. The Labute approximate surface area is 146 Å². The number of amides is 1. The molecule has 4 nitrogen and oxygen atoms in total. The monoisotopic (exact) mass is 360 g/mol. The second-order valence-corrected chi connectivity index (χ2v) is 5.98. The number of nitrogens with zero attached hydrogens (tertiary/aromatic N) is 1. The van der Waals surface area contributed by atoms with Gasteiger partial charge < -0.3 is 10.6 Å². The van der Waals surface area contributed by atoms with E-state index in [4.69, 9.17) is 5.73 Å². The fraction of sp³-hybridized carbons (Fsp3) is 0.529. The third-order valence-electron chi connectivity index (χ3n) is 4.25. The summed E-state index contributed by atoms with van der Waals surface area (Å²) in [6.07, 6.45) is 3.02. The van der Waals surface area contributed by atoms with E-state index in [0.29, 0.717) is 25.6 Å². The molecule has 24 heavy (non-hydrogen) atoms. The van der Waals surface area contributed by atoms with Gasteiger partial charge in [-0.25, -0.2) is 8.78 Å². The summed E-state index contributed by atoms with van der Waals surface area (Å²) in [6.45, 7) is 2.01. The molecule has 1 atom stereocenters. The van der Waals surface area contributed by atoms with Gasteiger partial charge in [0.2, 0.25) is 5.91 Å². The molecule has 0 radical (unpaired) electrons. The number of benzene rings is 1. The summed E-state index contributed by atoms with van der Waals surface area (Å²) in [6, 6.07) is 3.04. The van der Waals surface area contributed by atoms with Crippen LogP contribution in [0.2, 0.25) is 0 Å². The first kappa shape index (κ1) is 20.5. The molecular formula is C17H23ClF2N2O2. The van der Waals surface area contributed by atoms with Crippen LogP contribution < -0.4 is 5.73 Å². The summed E-state index contributed by atoms with van der Waals surface area (Å²) in [4.78, 5) is 26.0. The lowest BCUT2D eigenvalue weighted by molar-refractivity contribution is -0.133. The van der Waals surface area contributed by atoms with Gasteiger partial charge in [0.1, 0.15) is 0 Å². The normalized spacial score (nSPS) is 17.3. The zero-order chi connectivity index (χ0) is 16.8. The van der Waals surface area contributed by atoms with E-state index in [2.05, 4.69) is 0 Å². The van der Waals surface area contributed by atoms with Crippen LogP contribution in [0.1, 0.15) is 42.5 Å². The average molecular weight is 361 g/mol. The van der Waals surface area contributed by atoms with Crippen LogP contribution in [0.25, 0.3) is 0 Å². The van der Waals surface area contributed by atoms with Crippen molar-refractivity contribution in [2.45, 2.75) is 32.1 Å². The van der Waals surface area contributed by atoms with E-state index in [1.165, 1.54) is 6.07 Å². The molecule has 0 bridgehead atoms. The number of halogens is 3. The highest BCUT2D eigenvalue weighted by Crippen LogP contribution is 2.20. The van der Waals surface area contributed by atoms with Gasteiger partial charge in [0.05, 0.1) is 0 Å². The van der Waals surface area contributed by atoms with Gasteiger partial charge in [-0.1, -0.05) is 0 Å². The van der Waals surface area contributed by atoms with Gasteiger partial charge in [0, 0.05) is 31.5 Å². The maximum absolute atomic E-state index is 13.1. The Hall–Kier alpha value is -1.53. The Balaban J connectivity index is 0.00000288. The van der Waals surface area contributed by atoms with Crippen molar-refractivity contribution < 1.29 is 18.4 Å². The van der Waals surface area contributed by atoms with Crippen LogP contribution in [-0.2, 0) is 4.79 Å². The number of hydrogen-bond acceptors (Lipinski definition) is 3. The highest BCUT2D eigenvalue weighted by molar-refractivity contribution is 5.97. The maximum atomic E-state index is 13.1. The zero-order valence-electron chi connectivity index (χ0n) is 13.5. The summed E-state index contributed by atoms with van der Waals surface area (Å²) in [5, 5.41) is 0. The third kappa shape index (κ3) is 5.53. The first-order valence-electron chi connectivity index (χ1n) is 7.97. The van der Waals surface area contributed by atoms with E-state index in [9.17, 15) is 18.4 Å². The van der Waals surface area contributed by atoms with E-state index in [-0.39, 0.29) is 42.5 Å². The third-order valence-corrected chi connectivity index (χ3v) is 4.25. The van der Waals surface area contributed by atoms with Crippen LogP contribution in [0.4, 0.5) is 8.78 Å². The van der Waals surface area contributed by atoms with Crippen LogP contribution in [0.5, 0.6) is 0 Å². The quantitative estimate of drug-likeness (QED) is 0.793. The van der Waals surface area contributed by atoms with Gasteiger partial charge in [-0.15, -0.1) is 12.4 Å². The smallest absolute Gasteiger partial charge is 0.223 e. The number of ketones is 1. The van der Waals surface area contributed by atoms with Crippen molar-refractivity contribution in [1.82, 2.24) is 4.90 Å². The second-order valence-electron chi connectivity index (χ2n) is 5.98. The maximum Gasteiger partial charge on any atom is 0.223 e. The van der Waals surface area contributed by atoms with E-state index in [1.807, 2.05) is 0 Å². The molecule has 1 fully saturated rings. The van der Waals surface area contributed by atoms with Crippen LogP contribution in [-0.4, -0.2) is 36.2 Å². The predicted molar refractivity (Wildman–Crippen MR) is 90.1 cm³/mol. The highest BCUT2D eigenvalue weighted by atomic mass is 35.5. The van der Waals surface area contributed by atoms with E-state index >= 15 is 0 Å². The Kier molecular flexibility index (Phi) is 8.28. The Morgan fingerprint density at radius 3 is 2.62 bits per heavy atom. The van der Waals surface area contributed by atoms with Crippen molar-refractivity contribution in [3.8, 4) is 0 Å². The molecule has 1 aliphatic rings. The second kappa shape index (κ2) is 9.69. The molecule has 0 aromatic heterocycles. The first-order valence-corrected chi connectivity index (χ1v) is 7.97. The largest absolute Gasteiger partial charge is 0.342 e. The van der Waals surface area contributed by atoms with Gasteiger partial charge in [0.25, 0.3) is 0 Å². The number of likely N-dealkylation sites (tertiary alicyclic amines) is 1. The van der Waals surface area contributed by atoms with Gasteiger partial charge in [-0.05, 0) is 49.9 Å². The molecule has 0 spiro atoms. The van der Waals surface area contributed by atoms with Crippen molar-refractivity contribution in [1.29, 1.82) is 0 Å². The van der Waals surface area contributed by atoms with Crippen molar-refractivity contribution in [3.63, 3.8) is 0 Å². The number of hydrogen-bond donors (Lipinski definition) is 1. The summed E-state index contributed by atoms with van der Waals surface area (Å²) in [7, 11) is 0. The van der Waals surface area contributed by atoms with Crippen molar-refractivity contribution >= 4 is 24.1 Å². The number of rotatable bonds is 6. The number of carbonyl (C=O) groups excluding carboxylic acids is 2. The Bertz CT molecular complexity index is 582. The fourth-order valence-corrected chi connectivity index (χ4v) is 2.96. The van der Waals surface area contributed by atoms with Crippen LogP contribution >= 0.6 is 12.4 Å². The van der Waals surface area contributed by atoms with Crippen molar-refractivity contribution in [2.24, 2.45) is 11.7 Å². The van der Waals surface area contributed by atoms with Crippen molar-refractivity contribution in [2.75, 3.05) is 19.6 Å². The molecule has 0 aliphatic carbocycles. The Morgan fingerprint density at radius 1 is 1.21 bits per heavy atom. The summed E-state index contributed by atoms with van der Waals surface area (Å²) >= 11 is 0. The number of nitrogens with two attached hydrogens (primary N) is 1. The van der Waals surface area contributed by atoms with Crippen LogP contribution in [0.15, 0.2) is 18.2 Å². The Morgan fingerprint density at radius 2 is 1.96 bits per heavy atom. The number of carbonyl (C=O) groups is 2. The lowest BCUT2D eigenvalue weighted by Crippen LogP contribution is -2.40. The highest BCUT2D eigenvalue weighted by Gasteiger charge is 2.23. The molecular weight excluding hydrogens is 338 g/mol. The minimum Gasteiger partial charge on any atom is -0.342 e. The predicted octanol–water partition coefficient (Wildman–Crippen LogP) is 2.94. The minimum atomic E-state index is -1.05. The molecule has 1 aromatic carbocycles. The summed E-state index contributed by atoms with van der Waals surface area (Å²) in [5.74, 6) is -2.03. The molecule has 1 heterocycles. The molecule has 2 N–H and O–H groups in total. The molecule has 134 valence electrons. The van der Waals surface area contributed by atoms with Gasteiger partial charge in [-0.2, -0.15) is 0 Å². The molecule has 1 unspecified atom stereocenters. The number of piperidine rings is 1. The average Bonchev–Trinajstić information content (AvgIpc) is 2.55. The molecule has 1 saturated heterocycles. The summed E-state index contributed by atoms with van der Waals surface area (Å²) in [5.41, 5.74) is 5.65. The van der Waals surface area contributed by atoms with E-state index < -0.39 is 11.6 Å². The molecule has 1 aromatic rings. The molecule has 1 aliphatic heterocycles. The van der Waals surface area contributed by atoms with E-state index in [1.54, 1.807) is 4.90 Å². The molecule has 7 heteroatoms. The molecule has 0 saturated carbocycles. The first-order chi connectivity index (χ1) is 11.0. The van der Waals surface area contributed by atoms with Gasteiger partial charge in [0.15, 0.2) is 17.4 Å². The lowest BCUT2D eigenvalue weighted by atomic mass is 9.94. The SMILES string of the molecule is Cl.NCCC1CCCN(C(=O)CCC(=O)c2ccc(F)c(F)c2)C1. The van der Waals surface area contributed by atoms with Crippen molar-refractivity contribution in [3.05, 3.63) is 35.4 Å². The fourth-order valence-electron chi connectivity index (χ4n) is 2.96. The molecule has 1 amide bonds. The summed E-state index contributed by atoms with van der Waals surface area (Å²) < 4.78 is 26.0. The van der Waals surface area contributed by atoms with Gasteiger partial charge in [-0.3, -0.25) is 9.59 Å². The minimum absolute atomic E-state index is 0.